The van der Waals surface area contributed by atoms with E-state index in [4.69, 9.17) is 0 Å². The molecule has 7 nitrogen and oxygen atoms in total. The van der Waals surface area contributed by atoms with E-state index in [0.717, 1.165) is 27.9 Å². The summed E-state index contributed by atoms with van der Waals surface area (Å²) in [6.45, 7) is 10.1. The lowest BCUT2D eigenvalue weighted by molar-refractivity contribution is -0.133. The first-order chi connectivity index (χ1) is 15.7. The van der Waals surface area contributed by atoms with Crippen LogP contribution in [0.1, 0.15) is 41.6 Å². The SMILES string of the molecule is CC(=O)NC(CC(=O)N1CCN(CC(=O)Nc2c(C)cccc2C)CC1)c1ccc(C)cc1. The van der Waals surface area contributed by atoms with Crippen molar-refractivity contribution in [3.8, 4) is 0 Å². The average Bonchev–Trinajstić information content (AvgIpc) is 2.76. The summed E-state index contributed by atoms with van der Waals surface area (Å²) in [5.41, 5.74) is 5.01. The summed E-state index contributed by atoms with van der Waals surface area (Å²) in [6.07, 6.45) is 0.218. The van der Waals surface area contributed by atoms with Gasteiger partial charge in [-0.2, -0.15) is 0 Å². The third-order valence-electron chi connectivity index (χ3n) is 6.07. The van der Waals surface area contributed by atoms with Gasteiger partial charge < -0.3 is 15.5 Å². The highest BCUT2D eigenvalue weighted by molar-refractivity contribution is 5.93. The number of amides is 3. The summed E-state index contributed by atoms with van der Waals surface area (Å²) in [6, 6.07) is 13.5. The van der Waals surface area contributed by atoms with Crippen LogP contribution in [-0.2, 0) is 14.4 Å². The number of nitrogens with one attached hydrogen (secondary N) is 2. The number of hydrogen-bond donors (Lipinski definition) is 2. The summed E-state index contributed by atoms with van der Waals surface area (Å²) in [7, 11) is 0. The predicted molar refractivity (Wildman–Crippen MR) is 130 cm³/mol. The topological polar surface area (TPSA) is 81.8 Å². The number of anilines is 1. The zero-order valence-corrected chi connectivity index (χ0v) is 20.0. The Balaban J connectivity index is 1.51. The quantitative estimate of drug-likeness (QED) is 0.680. The molecule has 1 fully saturated rings. The molecule has 176 valence electrons. The van der Waals surface area contributed by atoms with Crippen LogP contribution < -0.4 is 10.6 Å². The molecular weight excluding hydrogens is 416 g/mol. The maximum atomic E-state index is 13.0. The van der Waals surface area contributed by atoms with E-state index in [1.807, 2.05) is 68.1 Å². The molecule has 33 heavy (non-hydrogen) atoms. The maximum absolute atomic E-state index is 13.0. The van der Waals surface area contributed by atoms with Crippen LogP contribution in [0.25, 0.3) is 0 Å². The zero-order valence-electron chi connectivity index (χ0n) is 20.0. The van der Waals surface area contributed by atoms with Gasteiger partial charge in [0.25, 0.3) is 0 Å². The highest BCUT2D eigenvalue weighted by Crippen LogP contribution is 2.21. The number of benzene rings is 2. The first-order valence-corrected chi connectivity index (χ1v) is 11.4. The second-order valence-corrected chi connectivity index (χ2v) is 8.84. The number of nitrogens with zero attached hydrogens (tertiary/aromatic N) is 2. The van der Waals surface area contributed by atoms with Crippen LogP contribution in [0, 0.1) is 20.8 Å². The van der Waals surface area contributed by atoms with Crippen LogP contribution in [-0.4, -0.2) is 60.2 Å². The molecule has 0 saturated carbocycles. The minimum absolute atomic E-state index is 0.00830. The molecule has 1 aliphatic rings. The van der Waals surface area contributed by atoms with Crippen LogP contribution in [0.5, 0.6) is 0 Å². The van der Waals surface area contributed by atoms with Crippen LogP contribution in [0.2, 0.25) is 0 Å². The van der Waals surface area contributed by atoms with Gasteiger partial charge in [-0.15, -0.1) is 0 Å². The van der Waals surface area contributed by atoms with Gasteiger partial charge in [-0.1, -0.05) is 48.0 Å². The van der Waals surface area contributed by atoms with Gasteiger partial charge in [-0.25, -0.2) is 0 Å². The third kappa shape index (κ3) is 6.89. The Labute approximate surface area is 196 Å². The first-order valence-electron chi connectivity index (χ1n) is 11.4. The minimum atomic E-state index is -0.350. The Kier molecular flexibility index (Phi) is 8.22. The van der Waals surface area contributed by atoms with Crippen molar-refractivity contribution in [1.29, 1.82) is 0 Å². The summed E-state index contributed by atoms with van der Waals surface area (Å²) in [5, 5.41) is 5.93. The molecule has 0 bridgehead atoms. The summed E-state index contributed by atoms with van der Waals surface area (Å²) in [5.74, 6) is -0.195. The van der Waals surface area contributed by atoms with E-state index < -0.39 is 0 Å². The van der Waals surface area contributed by atoms with E-state index in [-0.39, 0.29) is 30.2 Å². The Morgan fingerprint density at radius 1 is 0.909 bits per heavy atom. The molecule has 2 aromatic rings. The van der Waals surface area contributed by atoms with Crippen molar-refractivity contribution in [2.75, 3.05) is 38.0 Å². The molecule has 2 aromatic carbocycles. The van der Waals surface area contributed by atoms with Crippen molar-refractivity contribution in [3.05, 3.63) is 64.7 Å². The van der Waals surface area contributed by atoms with E-state index in [2.05, 4.69) is 15.5 Å². The fraction of sp³-hybridized carbons (Fsp3) is 0.423. The van der Waals surface area contributed by atoms with E-state index in [1.54, 1.807) is 0 Å². The first kappa shape index (κ1) is 24.5. The zero-order chi connectivity index (χ0) is 24.0. The number of carbonyl (C=O) groups excluding carboxylic acids is 3. The van der Waals surface area contributed by atoms with Gasteiger partial charge >= 0.3 is 0 Å². The van der Waals surface area contributed by atoms with Crippen LogP contribution >= 0.6 is 0 Å². The van der Waals surface area contributed by atoms with Crippen LogP contribution in [0.15, 0.2) is 42.5 Å². The summed E-state index contributed by atoms with van der Waals surface area (Å²) in [4.78, 5) is 41.1. The fourth-order valence-corrected chi connectivity index (χ4v) is 4.15. The van der Waals surface area contributed by atoms with Crippen molar-refractivity contribution < 1.29 is 14.4 Å². The van der Waals surface area contributed by atoms with Gasteiger partial charge in [0, 0.05) is 38.8 Å². The van der Waals surface area contributed by atoms with Crippen LogP contribution in [0.4, 0.5) is 5.69 Å². The van der Waals surface area contributed by atoms with Crippen molar-refractivity contribution in [3.63, 3.8) is 0 Å². The molecule has 3 amide bonds. The van der Waals surface area contributed by atoms with Crippen molar-refractivity contribution in [1.82, 2.24) is 15.1 Å². The van der Waals surface area contributed by atoms with Gasteiger partial charge in [-0.05, 0) is 37.5 Å². The number of aryl methyl sites for hydroxylation is 3. The Hall–Kier alpha value is -3.19. The number of carbonyl (C=O) groups is 3. The maximum Gasteiger partial charge on any atom is 0.238 e. The fourth-order valence-electron chi connectivity index (χ4n) is 4.15. The van der Waals surface area contributed by atoms with E-state index >= 15 is 0 Å². The van der Waals surface area contributed by atoms with E-state index in [1.165, 1.54) is 6.92 Å². The standard InChI is InChI=1S/C26H34N4O3/c1-18-8-10-22(11-9-18)23(27-21(4)31)16-25(33)30-14-12-29(13-15-30)17-24(32)28-26-19(2)6-5-7-20(26)3/h5-11,23H,12-17H2,1-4H3,(H,27,31)(H,28,32). The second-order valence-electron chi connectivity index (χ2n) is 8.84. The van der Waals surface area contributed by atoms with Gasteiger partial charge in [0.15, 0.2) is 0 Å². The largest absolute Gasteiger partial charge is 0.349 e. The molecule has 1 saturated heterocycles. The lowest BCUT2D eigenvalue weighted by Gasteiger charge is -2.35. The van der Waals surface area contributed by atoms with Gasteiger partial charge in [0.2, 0.25) is 17.7 Å². The third-order valence-corrected chi connectivity index (χ3v) is 6.07. The van der Waals surface area contributed by atoms with Crippen molar-refractivity contribution >= 4 is 23.4 Å². The average molecular weight is 451 g/mol. The van der Waals surface area contributed by atoms with Crippen molar-refractivity contribution in [2.24, 2.45) is 0 Å². The molecule has 0 radical (unpaired) electrons. The van der Waals surface area contributed by atoms with E-state index in [0.29, 0.717) is 32.7 Å². The molecular formula is C26H34N4O3. The molecule has 0 spiro atoms. The number of rotatable bonds is 7. The summed E-state index contributed by atoms with van der Waals surface area (Å²) >= 11 is 0. The summed E-state index contributed by atoms with van der Waals surface area (Å²) < 4.78 is 0. The lowest BCUT2D eigenvalue weighted by Crippen LogP contribution is -2.51. The molecule has 2 N–H and O–H groups in total. The Morgan fingerprint density at radius 3 is 2.09 bits per heavy atom. The minimum Gasteiger partial charge on any atom is -0.349 e. The van der Waals surface area contributed by atoms with E-state index in [9.17, 15) is 14.4 Å². The molecule has 0 aliphatic carbocycles. The number of hydrogen-bond acceptors (Lipinski definition) is 4. The Morgan fingerprint density at radius 2 is 1.52 bits per heavy atom. The van der Waals surface area contributed by atoms with Crippen molar-refractivity contribution in [2.45, 2.75) is 40.2 Å². The molecule has 1 atom stereocenters. The second kappa shape index (κ2) is 11.1. The highest BCUT2D eigenvalue weighted by atomic mass is 16.2. The molecule has 0 aromatic heterocycles. The highest BCUT2D eigenvalue weighted by Gasteiger charge is 2.25. The molecule has 1 heterocycles. The monoisotopic (exact) mass is 450 g/mol. The van der Waals surface area contributed by atoms with Crippen LogP contribution in [0.3, 0.4) is 0 Å². The molecule has 1 unspecified atom stereocenters. The molecule has 7 heteroatoms. The number of para-hydroxylation sites is 1. The normalized spacial score (nSPS) is 15.1. The van der Waals surface area contributed by atoms with Gasteiger partial charge in [0.1, 0.15) is 0 Å². The molecule has 1 aliphatic heterocycles. The van der Waals surface area contributed by atoms with Gasteiger partial charge in [0.05, 0.1) is 19.0 Å². The number of piperazine rings is 1. The smallest absolute Gasteiger partial charge is 0.238 e. The Bertz CT molecular complexity index is 975. The van der Waals surface area contributed by atoms with Gasteiger partial charge in [-0.3, -0.25) is 19.3 Å². The lowest BCUT2D eigenvalue weighted by atomic mass is 10.0. The molecule has 3 rings (SSSR count). The predicted octanol–water partition coefficient (Wildman–Crippen LogP) is 2.96.